The SMILES string of the molecule is O=C(O)C1CN(CC(F)(F)c2ccccc2)C1. The lowest BCUT2D eigenvalue weighted by Crippen LogP contribution is -2.53. The number of alkyl halides is 2. The molecule has 5 heteroatoms. The van der Waals surface area contributed by atoms with Crippen LogP contribution in [0.3, 0.4) is 0 Å². The Morgan fingerprint density at radius 1 is 1.35 bits per heavy atom. The van der Waals surface area contributed by atoms with Crippen LogP contribution >= 0.6 is 0 Å². The zero-order valence-corrected chi connectivity index (χ0v) is 9.14. The summed E-state index contributed by atoms with van der Waals surface area (Å²) in [6, 6.07) is 7.59. The van der Waals surface area contributed by atoms with Gasteiger partial charge in [0.05, 0.1) is 12.5 Å². The van der Waals surface area contributed by atoms with Gasteiger partial charge in [-0.1, -0.05) is 30.3 Å². The van der Waals surface area contributed by atoms with Crippen LogP contribution in [0.25, 0.3) is 0 Å². The van der Waals surface area contributed by atoms with Gasteiger partial charge in [-0.15, -0.1) is 0 Å². The van der Waals surface area contributed by atoms with Gasteiger partial charge >= 0.3 is 5.97 Å². The van der Waals surface area contributed by atoms with Crippen molar-refractivity contribution in [2.45, 2.75) is 5.92 Å². The molecule has 1 aliphatic rings. The normalized spacial score (nSPS) is 17.8. The zero-order valence-electron chi connectivity index (χ0n) is 9.14. The second kappa shape index (κ2) is 4.41. The summed E-state index contributed by atoms with van der Waals surface area (Å²) in [5.74, 6) is -4.34. The minimum absolute atomic E-state index is 0.0289. The van der Waals surface area contributed by atoms with E-state index in [9.17, 15) is 13.6 Å². The Balaban J connectivity index is 1.93. The summed E-state index contributed by atoms with van der Waals surface area (Å²) in [6.45, 7) is -0.00366. The molecule has 1 aromatic carbocycles. The number of halogens is 2. The summed E-state index contributed by atoms with van der Waals surface area (Å²) in [6.07, 6.45) is 0. The van der Waals surface area contributed by atoms with Crippen LogP contribution < -0.4 is 0 Å². The molecular weight excluding hydrogens is 228 g/mol. The second-order valence-electron chi connectivity index (χ2n) is 4.30. The van der Waals surface area contributed by atoms with Crippen LogP contribution in [0, 0.1) is 5.92 Å². The van der Waals surface area contributed by atoms with Gasteiger partial charge < -0.3 is 5.11 Å². The summed E-state index contributed by atoms with van der Waals surface area (Å²) >= 11 is 0. The Labute approximate surface area is 97.7 Å². The third-order valence-electron chi connectivity index (χ3n) is 2.92. The van der Waals surface area contributed by atoms with Crippen LogP contribution in [-0.2, 0) is 10.7 Å². The molecule has 0 radical (unpaired) electrons. The second-order valence-corrected chi connectivity index (χ2v) is 4.30. The quantitative estimate of drug-likeness (QED) is 0.873. The monoisotopic (exact) mass is 241 g/mol. The molecule has 1 saturated heterocycles. The molecule has 1 aliphatic heterocycles. The lowest BCUT2D eigenvalue weighted by Gasteiger charge is -2.38. The fraction of sp³-hybridized carbons (Fsp3) is 0.417. The van der Waals surface area contributed by atoms with Crippen molar-refractivity contribution >= 4 is 5.97 Å². The highest BCUT2D eigenvalue weighted by molar-refractivity contribution is 5.71. The van der Waals surface area contributed by atoms with Gasteiger partial charge in [-0.05, 0) is 0 Å². The molecule has 0 unspecified atom stereocenters. The fourth-order valence-electron chi connectivity index (χ4n) is 1.91. The number of rotatable bonds is 4. The largest absolute Gasteiger partial charge is 0.481 e. The zero-order chi connectivity index (χ0) is 12.5. The number of carboxylic acids is 1. The molecule has 1 heterocycles. The van der Waals surface area contributed by atoms with Gasteiger partial charge in [0.1, 0.15) is 0 Å². The van der Waals surface area contributed by atoms with Gasteiger partial charge in [0.15, 0.2) is 0 Å². The third kappa shape index (κ3) is 2.61. The van der Waals surface area contributed by atoms with E-state index in [-0.39, 0.29) is 18.7 Å². The number of hydrogen-bond donors (Lipinski definition) is 1. The molecule has 17 heavy (non-hydrogen) atoms. The number of hydrogen-bond acceptors (Lipinski definition) is 2. The summed E-state index contributed by atoms with van der Waals surface area (Å²) in [5.41, 5.74) is -0.0289. The van der Waals surface area contributed by atoms with Gasteiger partial charge in [0.25, 0.3) is 5.92 Å². The Kier molecular flexibility index (Phi) is 3.11. The van der Waals surface area contributed by atoms with E-state index in [4.69, 9.17) is 5.11 Å². The van der Waals surface area contributed by atoms with Crippen LogP contribution in [0.15, 0.2) is 30.3 Å². The topological polar surface area (TPSA) is 40.5 Å². The fourth-order valence-corrected chi connectivity index (χ4v) is 1.91. The molecule has 1 aromatic rings. The summed E-state index contributed by atoms with van der Waals surface area (Å²) in [4.78, 5) is 12.0. The van der Waals surface area contributed by atoms with Crippen molar-refractivity contribution in [3.05, 3.63) is 35.9 Å². The van der Waals surface area contributed by atoms with Crippen molar-refractivity contribution in [1.29, 1.82) is 0 Å². The molecule has 3 nitrogen and oxygen atoms in total. The Hall–Kier alpha value is -1.49. The van der Waals surface area contributed by atoms with Crippen LogP contribution in [0.2, 0.25) is 0 Å². The molecule has 1 fully saturated rings. The maximum atomic E-state index is 13.8. The first-order valence-electron chi connectivity index (χ1n) is 5.37. The minimum Gasteiger partial charge on any atom is -0.481 e. The number of nitrogens with zero attached hydrogens (tertiary/aromatic N) is 1. The molecule has 0 saturated carbocycles. The molecule has 0 bridgehead atoms. The molecule has 2 rings (SSSR count). The van der Waals surface area contributed by atoms with Crippen LogP contribution in [0.1, 0.15) is 5.56 Å². The van der Waals surface area contributed by atoms with Crippen molar-refractivity contribution in [3.63, 3.8) is 0 Å². The molecule has 92 valence electrons. The van der Waals surface area contributed by atoms with Crippen molar-refractivity contribution < 1.29 is 18.7 Å². The van der Waals surface area contributed by atoms with E-state index in [1.165, 1.54) is 17.0 Å². The van der Waals surface area contributed by atoms with Gasteiger partial charge in [0, 0.05) is 18.7 Å². The Morgan fingerprint density at radius 3 is 2.47 bits per heavy atom. The summed E-state index contributed by atoms with van der Waals surface area (Å²) in [7, 11) is 0. The lowest BCUT2D eigenvalue weighted by molar-refractivity contribution is -0.150. The molecule has 0 aliphatic carbocycles. The average Bonchev–Trinajstić information content (AvgIpc) is 2.24. The molecule has 0 atom stereocenters. The highest BCUT2D eigenvalue weighted by atomic mass is 19.3. The van der Waals surface area contributed by atoms with E-state index in [0.717, 1.165) is 0 Å². The van der Waals surface area contributed by atoms with Crippen molar-refractivity contribution in [2.75, 3.05) is 19.6 Å². The van der Waals surface area contributed by atoms with Gasteiger partial charge in [0.2, 0.25) is 0 Å². The lowest BCUT2D eigenvalue weighted by atomic mass is 9.98. The standard InChI is InChI=1S/C12H13F2NO2/c13-12(14,10-4-2-1-3-5-10)8-15-6-9(7-15)11(16)17/h1-5,9H,6-8H2,(H,16,17). The van der Waals surface area contributed by atoms with Crippen LogP contribution in [0.4, 0.5) is 8.78 Å². The third-order valence-corrected chi connectivity index (χ3v) is 2.92. The number of carboxylic acid groups (broad SMARTS) is 1. The number of benzene rings is 1. The van der Waals surface area contributed by atoms with Crippen molar-refractivity contribution in [2.24, 2.45) is 5.92 Å². The number of carbonyl (C=O) groups is 1. The smallest absolute Gasteiger partial charge is 0.309 e. The molecule has 1 N–H and O–H groups in total. The average molecular weight is 241 g/mol. The summed E-state index contributed by atoms with van der Waals surface area (Å²) in [5, 5.41) is 8.65. The highest BCUT2D eigenvalue weighted by Gasteiger charge is 2.40. The summed E-state index contributed by atoms with van der Waals surface area (Å²) < 4.78 is 27.5. The predicted octanol–water partition coefficient (Wildman–Crippen LogP) is 1.79. The predicted molar refractivity (Wildman–Crippen MR) is 57.9 cm³/mol. The first kappa shape index (κ1) is 12.0. The van der Waals surface area contributed by atoms with Gasteiger partial charge in [-0.3, -0.25) is 9.69 Å². The van der Waals surface area contributed by atoms with Crippen molar-refractivity contribution in [1.82, 2.24) is 4.90 Å². The number of likely N-dealkylation sites (tertiary alicyclic amines) is 1. The van der Waals surface area contributed by atoms with Gasteiger partial charge in [-0.25, -0.2) is 0 Å². The van der Waals surface area contributed by atoms with E-state index >= 15 is 0 Å². The minimum atomic E-state index is -2.93. The van der Waals surface area contributed by atoms with Crippen LogP contribution in [0.5, 0.6) is 0 Å². The molecule has 0 aromatic heterocycles. The van der Waals surface area contributed by atoms with E-state index in [1.807, 2.05) is 0 Å². The number of aliphatic carboxylic acids is 1. The van der Waals surface area contributed by atoms with Crippen molar-refractivity contribution in [3.8, 4) is 0 Å². The van der Waals surface area contributed by atoms with E-state index in [1.54, 1.807) is 18.2 Å². The van der Waals surface area contributed by atoms with E-state index in [2.05, 4.69) is 0 Å². The Bertz CT molecular complexity index is 402. The van der Waals surface area contributed by atoms with Gasteiger partial charge in [-0.2, -0.15) is 8.78 Å². The van der Waals surface area contributed by atoms with Crippen LogP contribution in [-0.4, -0.2) is 35.6 Å². The molecule has 0 amide bonds. The first-order valence-corrected chi connectivity index (χ1v) is 5.37. The van der Waals surface area contributed by atoms with E-state index < -0.39 is 24.4 Å². The van der Waals surface area contributed by atoms with E-state index in [0.29, 0.717) is 0 Å². The highest BCUT2D eigenvalue weighted by Crippen LogP contribution is 2.31. The molecular formula is C12H13F2NO2. The first-order chi connectivity index (χ1) is 7.99. The Morgan fingerprint density at radius 2 is 1.94 bits per heavy atom. The maximum Gasteiger partial charge on any atom is 0.309 e. The molecule has 0 spiro atoms. The maximum absolute atomic E-state index is 13.8.